The van der Waals surface area contributed by atoms with Crippen molar-refractivity contribution in [2.45, 2.75) is 26.1 Å². The molecule has 4 aromatic rings. The second-order valence-electron chi connectivity index (χ2n) is 8.61. The van der Waals surface area contributed by atoms with E-state index in [0.717, 1.165) is 17.2 Å². The molecular weight excluding hydrogens is 506 g/mol. The van der Waals surface area contributed by atoms with Crippen molar-refractivity contribution in [2.75, 3.05) is 12.7 Å². The molecule has 0 amide bonds. The first-order chi connectivity index (χ1) is 17.5. The average molecular weight is 531 g/mol. The van der Waals surface area contributed by atoms with E-state index in [2.05, 4.69) is 15.5 Å². The Hall–Kier alpha value is -3.30. The average Bonchev–Trinajstić information content (AvgIpc) is 3.33. The minimum Gasteiger partial charge on any atom is -0.334 e. The van der Waals surface area contributed by atoms with E-state index >= 15 is 0 Å². The van der Waals surface area contributed by atoms with Crippen LogP contribution in [-0.2, 0) is 17.3 Å². The van der Waals surface area contributed by atoms with Gasteiger partial charge < -0.3 is 19.6 Å². The fourth-order valence-electron chi connectivity index (χ4n) is 3.89. The number of hydrogen-bond donors (Lipinski definition) is 3. The van der Waals surface area contributed by atoms with Gasteiger partial charge in [-0.2, -0.15) is 18.2 Å². The summed E-state index contributed by atoms with van der Waals surface area (Å²) >= 11 is 0. The SMILES string of the molecule is Cc1ccccc1-c1ccc(-c2nc(-c3ccc(CNCCCP(=O)(O)O)cc3)no2)cc1C(F)(F)F. The molecule has 3 N–H and O–H groups in total. The van der Waals surface area contributed by atoms with Gasteiger partial charge >= 0.3 is 13.8 Å². The molecule has 0 radical (unpaired) electrons. The van der Waals surface area contributed by atoms with Crippen LogP contribution in [0.4, 0.5) is 13.2 Å². The van der Waals surface area contributed by atoms with E-state index in [-0.39, 0.29) is 29.0 Å². The molecule has 0 spiro atoms. The molecule has 37 heavy (non-hydrogen) atoms. The van der Waals surface area contributed by atoms with Crippen molar-refractivity contribution in [3.05, 3.63) is 83.4 Å². The third kappa shape index (κ3) is 6.93. The Kier molecular flexibility index (Phi) is 7.94. The van der Waals surface area contributed by atoms with Crippen LogP contribution in [0.2, 0.25) is 0 Å². The van der Waals surface area contributed by atoms with Crippen molar-refractivity contribution in [3.63, 3.8) is 0 Å². The molecule has 11 heteroatoms. The van der Waals surface area contributed by atoms with Gasteiger partial charge in [0, 0.05) is 17.7 Å². The first-order valence-corrected chi connectivity index (χ1v) is 13.3. The molecule has 3 aromatic carbocycles. The highest BCUT2D eigenvalue weighted by Crippen LogP contribution is 2.40. The smallest absolute Gasteiger partial charge is 0.334 e. The highest BCUT2D eigenvalue weighted by molar-refractivity contribution is 7.51. The number of aryl methyl sites for hydroxylation is 1. The lowest BCUT2D eigenvalue weighted by Crippen LogP contribution is -2.15. The predicted octanol–water partition coefficient (Wildman–Crippen LogP) is 6.06. The zero-order valence-corrected chi connectivity index (χ0v) is 20.8. The standard InChI is InChI=1S/C26H25F3N3O4P/c1-17-5-2-3-6-21(17)22-12-11-20(15-23(22)26(27,28)29)25-31-24(32-36-25)19-9-7-18(8-10-19)16-30-13-4-14-37(33,34)35/h2-3,5-12,15,30H,4,13-14,16H2,1H3,(H2,33,34,35). The van der Waals surface area contributed by atoms with Gasteiger partial charge in [0.2, 0.25) is 5.82 Å². The maximum atomic E-state index is 13.9. The van der Waals surface area contributed by atoms with Crippen LogP contribution in [0.25, 0.3) is 34.0 Å². The topological polar surface area (TPSA) is 108 Å². The molecule has 0 saturated carbocycles. The third-order valence-electron chi connectivity index (χ3n) is 5.78. The van der Waals surface area contributed by atoms with Crippen LogP contribution in [0, 0.1) is 6.92 Å². The summed E-state index contributed by atoms with van der Waals surface area (Å²) < 4.78 is 58.0. The second-order valence-corrected chi connectivity index (χ2v) is 10.4. The molecule has 0 aliphatic heterocycles. The van der Waals surface area contributed by atoms with Gasteiger partial charge in [-0.25, -0.2) is 0 Å². The Bertz CT molecular complexity index is 1420. The monoisotopic (exact) mass is 531 g/mol. The maximum absolute atomic E-state index is 13.9. The molecular formula is C26H25F3N3O4P. The summed E-state index contributed by atoms with van der Waals surface area (Å²) in [4.78, 5) is 22.1. The molecule has 4 rings (SSSR count). The number of alkyl halides is 3. The first kappa shape index (κ1) is 26.8. The molecule has 7 nitrogen and oxygen atoms in total. The fraction of sp³-hybridized carbons (Fsp3) is 0.231. The lowest BCUT2D eigenvalue weighted by atomic mass is 9.94. The summed E-state index contributed by atoms with van der Waals surface area (Å²) in [7, 11) is -3.99. The van der Waals surface area contributed by atoms with Crippen LogP contribution < -0.4 is 5.32 Å². The summed E-state index contributed by atoms with van der Waals surface area (Å²) in [5.74, 6) is 0.223. The van der Waals surface area contributed by atoms with Crippen LogP contribution in [0.3, 0.4) is 0 Å². The van der Waals surface area contributed by atoms with E-state index in [1.807, 2.05) is 12.1 Å². The van der Waals surface area contributed by atoms with Crippen molar-refractivity contribution >= 4 is 7.60 Å². The molecule has 194 valence electrons. The van der Waals surface area contributed by atoms with E-state index < -0.39 is 19.3 Å². The zero-order valence-electron chi connectivity index (χ0n) is 19.9. The maximum Gasteiger partial charge on any atom is 0.417 e. The predicted molar refractivity (Wildman–Crippen MR) is 134 cm³/mol. The van der Waals surface area contributed by atoms with Crippen molar-refractivity contribution < 1.29 is 32.0 Å². The van der Waals surface area contributed by atoms with Gasteiger partial charge in [0.25, 0.3) is 5.89 Å². The molecule has 0 aliphatic carbocycles. The number of nitrogens with zero attached hydrogens (tertiary/aromatic N) is 2. The molecule has 0 aliphatic rings. The van der Waals surface area contributed by atoms with E-state index in [4.69, 9.17) is 14.3 Å². The molecule has 0 fully saturated rings. The largest absolute Gasteiger partial charge is 0.417 e. The minimum absolute atomic E-state index is 0.0207. The van der Waals surface area contributed by atoms with Gasteiger partial charge in [-0.1, -0.05) is 59.8 Å². The lowest BCUT2D eigenvalue weighted by Gasteiger charge is -2.15. The minimum atomic E-state index is -4.57. The van der Waals surface area contributed by atoms with Crippen LogP contribution in [0.1, 0.15) is 23.1 Å². The van der Waals surface area contributed by atoms with Gasteiger partial charge in [0.05, 0.1) is 11.7 Å². The van der Waals surface area contributed by atoms with Crippen molar-refractivity contribution in [1.29, 1.82) is 0 Å². The summed E-state index contributed by atoms with van der Waals surface area (Å²) in [6.07, 6.45) is -4.38. The number of rotatable bonds is 9. The fourth-order valence-corrected chi connectivity index (χ4v) is 4.46. The summed E-state index contributed by atoms with van der Waals surface area (Å²) in [6, 6.07) is 18.1. The van der Waals surface area contributed by atoms with Crippen LogP contribution in [-0.4, -0.2) is 32.6 Å². The number of nitrogens with one attached hydrogen (secondary N) is 1. The molecule has 0 unspecified atom stereocenters. The molecule has 0 bridgehead atoms. The van der Waals surface area contributed by atoms with Crippen molar-refractivity contribution in [1.82, 2.24) is 15.5 Å². The third-order valence-corrected chi connectivity index (χ3v) is 6.68. The quantitative estimate of drug-likeness (QED) is 0.178. The molecule has 0 saturated heterocycles. The van der Waals surface area contributed by atoms with Crippen molar-refractivity contribution in [2.24, 2.45) is 0 Å². The normalized spacial score (nSPS) is 12.2. The Morgan fingerprint density at radius 3 is 2.35 bits per heavy atom. The van der Waals surface area contributed by atoms with Gasteiger partial charge in [-0.15, -0.1) is 0 Å². The number of hydrogen-bond acceptors (Lipinski definition) is 5. The van der Waals surface area contributed by atoms with Crippen LogP contribution >= 0.6 is 7.60 Å². The van der Waals surface area contributed by atoms with Gasteiger partial charge in [0.15, 0.2) is 0 Å². The van der Waals surface area contributed by atoms with Crippen molar-refractivity contribution in [3.8, 4) is 34.0 Å². The van der Waals surface area contributed by atoms with E-state index in [9.17, 15) is 17.7 Å². The van der Waals surface area contributed by atoms with Crippen LogP contribution in [0.5, 0.6) is 0 Å². The molecule has 0 atom stereocenters. The van der Waals surface area contributed by atoms with E-state index in [1.165, 1.54) is 12.1 Å². The van der Waals surface area contributed by atoms with Gasteiger partial charge in [-0.3, -0.25) is 4.57 Å². The Balaban J connectivity index is 1.49. The van der Waals surface area contributed by atoms with E-state index in [0.29, 0.717) is 30.6 Å². The Morgan fingerprint density at radius 1 is 0.973 bits per heavy atom. The number of halogens is 3. The Morgan fingerprint density at radius 2 is 1.68 bits per heavy atom. The lowest BCUT2D eigenvalue weighted by molar-refractivity contribution is -0.137. The van der Waals surface area contributed by atoms with Crippen LogP contribution in [0.15, 0.2) is 71.3 Å². The van der Waals surface area contributed by atoms with Gasteiger partial charge in [0.1, 0.15) is 0 Å². The highest BCUT2D eigenvalue weighted by atomic mass is 31.2. The second kappa shape index (κ2) is 11.0. The first-order valence-electron chi connectivity index (χ1n) is 11.5. The highest BCUT2D eigenvalue weighted by Gasteiger charge is 2.34. The molecule has 1 heterocycles. The molecule has 1 aromatic heterocycles. The number of aromatic nitrogens is 2. The Labute approximate surface area is 211 Å². The summed E-state index contributed by atoms with van der Waals surface area (Å²) in [6.45, 7) is 2.73. The number of benzene rings is 3. The summed E-state index contributed by atoms with van der Waals surface area (Å²) in [5, 5.41) is 7.04. The van der Waals surface area contributed by atoms with E-state index in [1.54, 1.807) is 43.3 Å². The summed E-state index contributed by atoms with van der Waals surface area (Å²) in [5.41, 5.74) is 2.28. The van der Waals surface area contributed by atoms with Gasteiger partial charge in [-0.05, 0) is 54.3 Å². The zero-order chi connectivity index (χ0) is 26.6.